The summed E-state index contributed by atoms with van der Waals surface area (Å²) in [6.07, 6.45) is 4.30. The molecule has 11 heavy (non-hydrogen) atoms. The van der Waals surface area contributed by atoms with Crippen LogP contribution in [-0.2, 0) is 21.9 Å². The molecule has 0 radical (unpaired) electrons. The van der Waals surface area contributed by atoms with Gasteiger partial charge in [-0.05, 0) is 12.8 Å². The fourth-order valence-electron chi connectivity index (χ4n) is 0.701. The second kappa shape index (κ2) is 7.83. The van der Waals surface area contributed by atoms with Crippen LogP contribution in [0.25, 0.3) is 0 Å². The third-order valence-electron chi connectivity index (χ3n) is 1.34. The molecule has 66 valence electrons. The molecule has 0 saturated heterocycles. The van der Waals surface area contributed by atoms with Crippen LogP contribution < -0.4 is 0 Å². The summed E-state index contributed by atoms with van der Waals surface area (Å²) in [6.45, 7) is 3.89. The summed E-state index contributed by atoms with van der Waals surface area (Å²) in [7, 11) is 0. The quantitative estimate of drug-likeness (QED) is 0.555. The topological polar surface area (TPSA) is 37.3 Å². The van der Waals surface area contributed by atoms with E-state index < -0.39 is 5.97 Å². The number of allylic oxidation sites excluding steroid dienone is 1. The summed E-state index contributed by atoms with van der Waals surface area (Å²) in [5.74, 6) is -0.782. The van der Waals surface area contributed by atoms with Crippen LogP contribution in [0.2, 0.25) is 0 Å². The van der Waals surface area contributed by atoms with Gasteiger partial charge in [-0.3, -0.25) is 0 Å². The third-order valence-corrected chi connectivity index (χ3v) is 1.34. The first kappa shape index (κ1) is 13.3. The third kappa shape index (κ3) is 6.14. The maximum atomic E-state index is 10.4. The van der Waals surface area contributed by atoms with Gasteiger partial charge in [0.15, 0.2) is 0 Å². The van der Waals surface area contributed by atoms with Crippen molar-refractivity contribution in [3.63, 3.8) is 0 Å². The number of carboxylic acid groups (broad SMARTS) is 1. The van der Waals surface area contributed by atoms with Crippen molar-refractivity contribution in [2.24, 2.45) is 0 Å². The van der Waals surface area contributed by atoms with E-state index in [4.69, 9.17) is 5.11 Å². The molecule has 0 heterocycles. The standard InChI is InChI=1S/C8H14O2.Fe/c1-3-5-6-7(4-2)8(9)10;/h6H,3-5H2,1-2H3,(H,9,10);. The Bertz CT molecular complexity index is 141. The minimum absolute atomic E-state index is 0. The molecule has 0 unspecified atom stereocenters. The smallest absolute Gasteiger partial charge is 0.331 e. The fourth-order valence-corrected chi connectivity index (χ4v) is 0.701. The Hall–Kier alpha value is -0.271. The van der Waals surface area contributed by atoms with E-state index in [2.05, 4.69) is 0 Å². The van der Waals surface area contributed by atoms with Crippen LogP contribution in [0.4, 0.5) is 0 Å². The van der Waals surface area contributed by atoms with Gasteiger partial charge in [0.05, 0.1) is 0 Å². The number of rotatable bonds is 4. The number of carbonyl (C=O) groups is 1. The van der Waals surface area contributed by atoms with Gasteiger partial charge in [0.2, 0.25) is 0 Å². The van der Waals surface area contributed by atoms with E-state index in [1.54, 1.807) is 6.08 Å². The van der Waals surface area contributed by atoms with Crippen LogP contribution >= 0.6 is 0 Å². The van der Waals surface area contributed by atoms with Crippen molar-refractivity contribution < 1.29 is 27.0 Å². The van der Waals surface area contributed by atoms with Crippen molar-refractivity contribution in [2.75, 3.05) is 0 Å². The van der Waals surface area contributed by atoms with Crippen LogP contribution in [0.5, 0.6) is 0 Å². The molecule has 0 aromatic rings. The van der Waals surface area contributed by atoms with E-state index in [1.807, 2.05) is 13.8 Å². The minimum Gasteiger partial charge on any atom is -0.478 e. The van der Waals surface area contributed by atoms with Crippen molar-refractivity contribution >= 4 is 5.97 Å². The first-order valence-corrected chi connectivity index (χ1v) is 3.64. The van der Waals surface area contributed by atoms with Gasteiger partial charge >= 0.3 is 5.97 Å². The first-order valence-electron chi connectivity index (χ1n) is 3.64. The summed E-state index contributed by atoms with van der Waals surface area (Å²) < 4.78 is 0. The zero-order valence-corrected chi connectivity index (χ0v) is 8.01. The van der Waals surface area contributed by atoms with E-state index in [0.29, 0.717) is 12.0 Å². The first-order chi connectivity index (χ1) is 4.72. The number of carboxylic acids is 1. The molecule has 3 heteroatoms. The average molecular weight is 198 g/mol. The molecule has 0 aliphatic carbocycles. The predicted octanol–water partition coefficient (Wildman–Crippen LogP) is 2.20. The molecule has 0 aliphatic rings. The van der Waals surface area contributed by atoms with Crippen molar-refractivity contribution in [1.29, 1.82) is 0 Å². The maximum absolute atomic E-state index is 10.4. The van der Waals surface area contributed by atoms with E-state index >= 15 is 0 Å². The van der Waals surface area contributed by atoms with Crippen molar-refractivity contribution in [3.05, 3.63) is 11.6 Å². The normalized spacial score (nSPS) is 10.5. The molecular weight excluding hydrogens is 184 g/mol. The van der Waals surface area contributed by atoms with Crippen molar-refractivity contribution in [1.82, 2.24) is 0 Å². The largest absolute Gasteiger partial charge is 0.478 e. The van der Waals surface area contributed by atoms with Gasteiger partial charge < -0.3 is 5.11 Å². The molecule has 0 aromatic carbocycles. The molecule has 0 bridgehead atoms. The van der Waals surface area contributed by atoms with Crippen LogP contribution in [0.3, 0.4) is 0 Å². The minimum atomic E-state index is -0.782. The summed E-state index contributed by atoms with van der Waals surface area (Å²) in [4.78, 5) is 10.4. The molecule has 0 amide bonds. The zero-order valence-electron chi connectivity index (χ0n) is 6.91. The Morgan fingerprint density at radius 3 is 2.27 bits per heavy atom. The van der Waals surface area contributed by atoms with Crippen LogP contribution in [0.15, 0.2) is 11.6 Å². The summed E-state index contributed by atoms with van der Waals surface area (Å²) in [5.41, 5.74) is 0.529. The number of hydrogen-bond donors (Lipinski definition) is 1. The van der Waals surface area contributed by atoms with Gasteiger partial charge in [-0.15, -0.1) is 0 Å². The molecule has 0 fully saturated rings. The second-order valence-electron chi connectivity index (χ2n) is 2.18. The van der Waals surface area contributed by atoms with Crippen LogP contribution in [-0.4, -0.2) is 11.1 Å². The summed E-state index contributed by atoms with van der Waals surface area (Å²) in [5, 5.41) is 8.53. The second-order valence-corrected chi connectivity index (χ2v) is 2.18. The van der Waals surface area contributed by atoms with Gasteiger partial charge in [-0.1, -0.05) is 26.3 Å². The Kier molecular flexibility index (Phi) is 9.49. The Labute approximate surface area is 78.2 Å². The molecule has 0 aromatic heterocycles. The number of hydrogen-bond acceptors (Lipinski definition) is 1. The monoisotopic (exact) mass is 198 g/mol. The molecule has 0 saturated carbocycles. The van der Waals surface area contributed by atoms with Gasteiger partial charge in [-0.2, -0.15) is 0 Å². The zero-order chi connectivity index (χ0) is 7.98. The fraction of sp³-hybridized carbons (Fsp3) is 0.625. The SMILES string of the molecule is CCCC=C(CC)C(=O)O.[Fe]. The van der Waals surface area contributed by atoms with Crippen LogP contribution in [0.1, 0.15) is 33.1 Å². The maximum Gasteiger partial charge on any atom is 0.331 e. The van der Waals surface area contributed by atoms with E-state index in [9.17, 15) is 4.79 Å². The molecule has 0 spiro atoms. The van der Waals surface area contributed by atoms with Gasteiger partial charge in [-0.25, -0.2) is 4.79 Å². The Morgan fingerprint density at radius 1 is 1.45 bits per heavy atom. The molecular formula is C8H14FeO2. The summed E-state index contributed by atoms with van der Waals surface area (Å²) >= 11 is 0. The van der Waals surface area contributed by atoms with Crippen molar-refractivity contribution in [3.8, 4) is 0 Å². The van der Waals surface area contributed by atoms with Crippen molar-refractivity contribution in [2.45, 2.75) is 33.1 Å². The summed E-state index contributed by atoms with van der Waals surface area (Å²) in [6, 6.07) is 0. The Balaban J connectivity index is 0. The molecule has 0 aliphatic heterocycles. The molecule has 2 nitrogen and oxygen atoms in total. The molecule has 1 N–H and O–H groups in total. The van der Waals surface area contributed by atoms with Crippen LogP contribution in [0, 0.1) is 0 Å². The van der Waals surface area contributed by atoms with Gasteiger partial charge in [0.1, 0.15) is 0 Å². The number of unbranched alkanes of at least 4 members (excludes halogenated alkanes) is 1. The van der Waals surface area contributed by atoms with E-state index in [-0.39, 0.29) is 17.1 Å². The van der Waals surface area contributed by atoms with E-state index in [1.165, 1.54) is 0 Å². The average Bonchev–Trinajstić information content (AvgIpc) is 1.89. The van der Waals surface area contributed by atoms with Gasteiger partial charge in [0, 0.05) is 22.6 Å². The molecule has 0 rings (SSSR count). The van der Waals surface area contributed by atoms with E-state index in [0.717, 1.165) is 12.8 Å². The van der Waals surface area contributed by atoms with Gasteiger partial charge in [0.25, 0.3) is 0 Å². The number of aliphatic carboxylic acids is 1. The Morgan fingerprint density at radius 2 is 2.00 bits per heavy atom. The molecule has 0 atom stereocenters. The predicted molar refractivity (Wildman–Crippen MR) is 40.9 cm³/mol.